The van der Waals surface area contributed by atoms with Gasteiger partial charge in [-0.25, -0.2) is 9.78 Å². The van der Waals surface area contributed by atoms with Crippen molar-refractivity contribution < 1.29 is 23.5 Å². The van der Waals surface area contributed by atoms with Gasteiger partial charge in [0, 0.05) is 11.5 Å². The van der Waals surface area contributed by atoms with Crippen LogP contribution in [0.25, 0.3) is 22.1 Å². The van der Waals surface area contributed by atoms with Crippen LogP contribution in [0.1, 0.15) is 33.1 Å². The lowest BCUT2D eigenvalue weighted by Crippen LogP contribution is -1.97. The van der Waals surface area contributed by atoms with Crippen molar-refractivity contribution in [3.8, 4) is 11.8 Å². The number of carboxylic acid groups (broad SMARTS) is 1. The summed E-state index contributed by atoms with van der Waals surface area (Å²) in [4.78, 5) is 15.3. The first kappa shape index (κ1) is 16.7. The Kier molecular flexibility index (Phi) is 3.81. The van der Waals surface area contributed by atoms with Gasteiger partial charge < -0.3 is 18.7 Å². The number of carboxylic acids is 1. The summed E-state index contributed by atoms with van der Waals surface area (Å²) in [5.41, 5.74) is 3.00. The van der Waals surface area contributed by atoms with E-state index in [2.05, 4.69) is 11.1 Å². The van der Waals surface area contributed by atoms with Crippen molar-refractivity contribution in [2.75, 3.05) is 0 Å². The van der Waals surface area contributed by atoms with Gasteiger partial charge in [-0.05, 0) is 43.7 Å². The van der Waals surface area contributed by atoms with E-state index in [1.165, 1.54) is 12.1 Å². The van der Waals surface area contributed by atoms with Crippen molar-refractivity contribution in [3.63, 3.8) is 0 Å². The number of benzene rings is 2. The van der Waals surface area contributed by atoms with Gasteiger partial charge in [-0.1, -0.05) is 0 Å². The molecule has 0 amide bonds. The van der Waals surface area contributed by atoms with Crippen molar-refractivity contribution in [1.82, 2.24) is 4.98 Å². The van der Waals surface area contributed by atoms with Crippen molar-refractivity contribution in [3.05, 3.63) is 58.7 Å². The van der Waals surface area contributed by atoms with Crippen molar-refractivity contribution in [2.45, 2.75) is 20.5 Å². The molecule has 0 unspecified atom stereocenters. The second-order valence-electron chi connectivity index (χ2n) is 6.12. The summed E-state index contributed by atoms with van der Waals surface area (Å²) in [6.07, 6.45) is 0. The smallest absolute Gasteiger partial charge is 0.335 e. The normalized spacial score (nSPS) is 11.0. The summed E-state index contributed by atoms with van der Waals surface area (Å²) in [5, 5.41) is 19.3. The number of ether oxygens (including phenoxy) is 1. The van der Waals surface area contributed by atoms with Crippen LogP contribution in [0.3, 0.4) is 0 Å². The Morgan fingerprint density at radius 1 is 1.22 bits per heavy atom. The maximum absolute atomic E-state index is 11.0. The van der Waals surface area contributed by atoms with Gasteiger partial charge >= 0.3 is 5.97 Å². The number of nitrogens with zero attached hydrogens (tertiary/aromatic N) is 2. The van der Waals surface area contributed by atoms with Gasteiger partial charge in [0.2, 0.25) is 5.89 Å². The number of aromatic carboxylic acids is 1. The summed E-state index contributed by atoms with van der Waals surface area (Å²) in [5.74, 6) is 0.446. The number of aromatic nitrogens is 1. The van der Waals surface area contributed by atoms with Crippen LogP contribution in [-0.4, -0.2) is 16.1 Å². The van der Waals surface area contributed by atoms with Gasteiger partial charge in [0.15, 0.2) is 12.2 Å². The predicted octanol–water partition coefficient (Wildman–Crippen LogP) is 4.34. The molecule has 1 N–H and O–H groups in total. The summed E-state index contributed by atoms with van der Waals surface area (Å²) < 4.78 is 17.0. The first-order valence-corrected chi connectivity index (χ1v) is 8.15. The highest BCUT2D eigenvalue weighted by atomic mass is 16.5. The number of furan rings is 1. The molecule has 27 heavy (non-hydrogen) atoms. The summed E-state index contributed by atoms with van der Waals surface area (Å²) in [6.45, 7) is 3.82. The van der Waals surface area contributed by atoms with E-state index in [0.717, 1.165) is 16.7 Å². The van der Waals surface area contributed by atoms with E-state index in [1.54, 1.807) is 18.2 Å². The molecule has 7 nitrogen and oxygen atoms in total. The topological polar surface area (TPSA) is 109 Å². The third kappa shape index (κ3) is 2.87. The number of hydrogen-bond acceptors (Lipinski definition) is 6. The van der Waals surface area contributed by atoms with Crippen LogP contribution in [0.4, 0.5) is 0 Å². The minimum absolute atomic E-state index is 0.00710. The minimum atomic E-state index is -1.04. The predicted molar refractivity (Wildman–Crippen MR) is 95.7 cm³/mol. The zero-order chi connectivity index (χ0) is 19.1. The molecule has 134 valence electrons. The Hall–Kier alpha value is -3.79. The zero-order valence-electron chi connectivity index (χ0n) is 14.6. The van der Waals surface area contributed by atoms with E-state index in [0.29, 0.717) is 28.0 Å². The first-order valence-electron chi connectivity index (χ1n) is 8.15. The van der Waals surface area contributed by atoms with Gasteiger partial charge in [-0.2, -0.15) is 5.26 Å². The van der Waals surface area contributed by atoms with Crippen molar-refractivity contribution in [2.24, 2.45) is 0 Å². The summed E-state index contributed by atoms with van der Waals surface area (Å²) in [6, 6.07) is 9.97. The number of rotatable bonds is 4. The first-order chi connectivity index (χ1) is 13.0. The Morgan fingerprint density at radius 2 is 2.04 bits per heavy atom. The number of carbonyl (C=O) groups is 1. The Morgan fingerprint density at radius 3 is 2.78 bits per heavy atom. The molecule has 4 aromatic rings. The second-order valence-corrected chi connectivity index (χ2v) is 6.12. The van der Waals surface area contributed by atoms with Crippen molar-refractivity contribution >= 4 is 28.0 Å². The number of fused-ring (bicyclic) bond motifs is 2. The van der Waals surface area contributed by atoms with Crippen LogP contribution in [0.15, 0.2) is 39.2 Å². The van der Waals surface area contributed by atoms with Gasteiger partial charge in [-0.3, -0.25) is 0 Å². The largest absolute Gasteiger partial charge is 0.482 e. The molecule has 0 atom stereocenters. The van der Waals surface area contributed by atoms with E-state index >= 15 is 0 Å². The zero-order valence-corrected chi connectivity index (χ0v) is 14.6. The fraction of sp³-hybridized carbons (Fsp3) is 0.150. The summed E-state index contributed by atoms with van der Waals surface area (Å²) >= 11 is 0. The fourth-order valence-corrected chi connectivity index (χ4v) is 2.88. The van der Waals surface area contributed by atoms with Gasteiger partial charge in [0.1, 0.15) is 28.7 Å². The Balaban J connectivity index is 1.65. The lowest BCUT2D eigenvalue weighted by Gasteiger charge is -2.06. The lowest BCUT2D eigenvalue weighted by atomic mass is 10.1. The number of hydrogen-bond donors (Lipinski definition) is 1. The molecule has 0 radical (unpaired) electrons. The molecule has 0 spiro atoms. The van der Waals surface area contributed by atoms with Gasteiger partial charge in [-0.15, -0.1) is 0 Å². The third-order valence-corrected chi connectivity index (χ3v) is 4.43. The standard InChI is InChI=1S/C20H14N2O5/c1-10-11(2)26-17-6-13(8-21)16(7-14(10)17)25-9-19-22-15-4-3-12(20(23)24)5-18(15)27-19/h3-7H,9H2,1-2H3,(H,23,24). The fourth-order valence-electron chi connectivity index (χ4n) is 2.88. The molecule has 0 bridgehead atoms. The highest BCUT2D eigenvalue weighted by molar-refractivity contribution is 5.91. The number of nitriles is 1. The molecule has 0 fully saturated rings. The number of oxazole rings is 1. The molecular formula is C20H14N2O5. The van der Waals surface area contributed by atoms with Crippen LogP contribution >= 0.6 is 0 Å². The average molecular weight is 362 g/mol. The minimum Gasteiger partial charge on any atom is -0.482 e. The van der Waals surface area contributed by atoms with E-state index in [9.17, 15) is 10.1 Å². The summed E-state index contributed by atoms with van der Waals surface area (Å²) in [7, 11) is 0. The second kappa shape index (κ2) is 6.18. The Bertz CT molecular complexity index is 1240. The molecule has 0 saturated heterocycles. The highest BCUT2D eigenvalue weighted by Crippen LogP contribution is 2.31. The molecule has 0 aliphatic carbocycles. The van der Waals surface area contributed by atoms with Crippen LogP contribution in [-0.2, 0) is 6.61 Å². The average Bonchev–Trinajstić information content (AvgIpc) is 3.19. The van der Waals surface area contributed by atoms with E-state index in [4.69, 9.17) is 18.7 Å². The molecule has 7 heteroatoms. The van der Waals surface area contributed by atoms with Gasteiger partial charge in [0.25, 0.3) is 0 Å². The van der Waals surface area contributed by atoms with Crippen LogP contribution < -0.4 is 4.74 Å². The SMILES string of the molecule is Cc1oc2cc(C#N)c(OCc3nc4ccc(C(=O)O)cc4o3)cc2c1C. The monoisotopic (exact) mass is 362 g/mol. The van der Waals surface area contributed by atoms with Gasteiger partial charge in [0.05, 0.1) is 11.1 Å². The van der Waals surface area contributed by atoms with E-state index < -0.39 is 5.97 Å². The third-order valence-electron chi connectivity index (χ3n) is 4.43. The highest BCUT2D eigenvalue weighted by Gasteiger charge is 2.15. The molecule has 0 aliphatic heterocycles. The number of aryl methyl sites for hydroxylation is 2. The van der Waals surface area contributed by atoms with Crippen molar-refractivity contribution in [1.29, 1.82) is 5.26 Å². The lowest BCUT2D eigenvalue weighted by molar-refractivity contribution is 0.0697. The molecule has 2 aromatic heterocycles. The maximum atomic E-state index is 11.0. The van der Waals surface area contributed by atoms with E-state index in [1.807, 2.05) is 13.8 Å². The van der Waals surface area contributed by atoms with E-state index in [-0.39, 0.29) is 18.1 Å². The maximum Gasteiger partial charge on any atom is 0.335 e. The van der Waals surface area contributed by atoms with Crippen LogP contribution in [0.5, 0.6) is 5.75 Å². The molecule has 0 aliphatic rings. The van der Waals surface area contributed by atoms with Crippen LogP contribution in [0.2, 0.25) is 0 Å². The molecular weight excluding hydrogens is 348 g/mol. The quantitative estimate of drug-likeness (QED) is 0.575. The molecule has 0 saturated carbocycles. The molecule has 2 heterocycles. The van der Waals surface area contributed by atoms with Crippen LogP contribution in [0, 0.1) is 25.2 Å². The molecule has 4 rings (SSSR count). The molecule has 2 aromatic carbocycles. The Labute approximate surface area is 153 Å².